The van der Waals surface area contributed by atoms with Crippen LogP contribution in [0.2, 0.25) is 0 Å². The minimum absolute atomic E-state index is 0.0376. The highest BCUT2D eigenvalue weighted by Crippen LogP contribution is 2.49. The minimum Gasteiger partial charge on any atom is -0.504 e. The second-order valence-electron chi connectivity index (χ2n) is 5.70. The van der Waals surface area contributed by atoms with Crippen LogP contribution in [0.3, 0.4) is 0 Å². The van der Waals surface area contributed by atoms with E-state index in [1.165, 1.54) is 24.3 Å². The molecule has 1 aliphatic rings. The summed E-state index contributed by atoms with van der Waals surface area (Å²) in [6.45, 7) is 0. The van der Waals surface area contributed by atoms with E-state index in [2.05, 4.69) is 4.98 Å². The molecule has 8 nitrogen and oxygen atoms in total. The molecule has 1 fully saturated rings. The summed E-state index contributed by atoms with van der Waals surface area (Å²) in [6.07, 6.45) is 0.514. The predicted octanol–water partition coefficient (Wildman–Crippen LogP) is 1.43. The molecule has 2 aromatic rings. The molecule has 8 heteroatoms. The molecule has 0 bridgehead atoms. The Morgan fingerprint density at radius 2 is 2.04 bits per heavy atom. The maximum atomic E-state index is 13.2. The van der Waals surface area contributed by atoms with Gasteiger partial charge in [-0.3, -0.25) is 14.5 Å². The number of methoxy groups -OCH3 is 1. The zero-order chi connectivity index (χ0) is 20.7. The van der Waals surface area contributed by atoms with Crippen molar-refractivity contribution in [2.24, 2.45) is 11.1 Å². The summed E-state index contributed by atoms with van der Waals surface area (Å²) in [7, 11) is -2.75. The van der Waals surface area contributed by atoms with Crippen LogP contribution < -0.4 is 15.4 Å². The van der Waals surface area contributed by atoms with Crippen molar-refractivity contribution in [3.8, 4) is 17.4 Å². The number of rotatable bonds is 5. The smallest absolute Gasteiger partial charge is 0.248 e. The molecule has 0 radical (unpaired) electrons. The standard InChI is InChI=1S/C17H17N3O5/c1-25-14-4-2-3-13(19-14)20(10-5-6-11(21)12(22)9-10)16(24)17(7-8-17)15(18)23/h2-6,9,21-22H,7-8H2,1H3,(H2,18,23)/i1D3. The molecule has 0 spiro atoms. The molecule has 0 atom stereocenters. The molecule has 1 saturated carbocycles. The lowest BCUT2D eigenvalue weighted by atomic mass is 10.0. The molecule has 0 saturated heterocycles. The molecular weight excluding hydrogens is 326 g/mol. The van der Waals surface area contributed by atoms with Crippen LogP contribution in [0.25, 0.3) is 0 Å². The van der Waals surface area contributed by atoms with E-state index >= 15 is 0 Å². The first kappa shape index (κ1) is 13.1. The number of amides is 2. The summed E-state index contributed by atoms with van der Waals surface area (Å²) in [4.78, 5) is 30.1. The third kappa shape index (κ3) is 2.82. The van der Waals surface area contributed by atoms with Crippen LogP contribution in [0.4, 0.5) is 11.5 Å². The van der Waals surface area contributed by atoms with Crippen molar-refractivity contribution in [1.29, 1.82) is 0 Å². The monoisotopic (exact) mass is 346 g/mol. The summed E-state index contributed by atoms with van der Waals surface area (Å²) >= 11 is 0. The summed E-state index contributed by atoms with van der Waals surface area (Å²) < 4.78 is 26.3. The van der Waals surface area contributed by atoms with Crippen LogP contribution in [0.5, 0.6) is 17.4 Å². The van der Waals surface area contributed by atoms with Crippen LogP contribution >= 0.6 is 0 Å². The third-order valence-corrected chi connectivity index (χ3v) is 4.09. The number of ether oxygens (including phenoxy) is 1. The summed E-state index contributed by atoms with van der Waals surface area (Å²) in [5, 5.41) is 19.4. The number of carbonyl (C=O) groups excluding carboxylic acids is 2. The average molecular weight is 346 g/mol. The number of nitrogens with two attached hydrogens (primary N) is 1. The van der Waals surface area contributed by atoms with Gasteiger partial charge in [0.05, 0.1) is 16.8 Å². The van der Waals surface area contributed by atoms with Crippen LogP contribution in [-0.4, -0.2) is 34.0 Å². The van der Waals surface area contributed by atoms with E-state index in [4.69, 9.17) is 14.6 Å². The van der Waals surface area contributed by atoms with Gasteiger partial charge < -0.3 is 20.7 Å². The highest BCUT2D eigenvalue weighted by atomic mass is 16.5. The number of aromatic nitrogens is 1. The lowest BCUT2D eigenvalue weighted by Gasteiger charge is -2.25. The molecule has 4 N–H and O–H groups in total. The maximum Gasteiger partial charge on any atom is 0.248 e. The second kappa shape index (κ2) is 5.97. The molecule has 3 rings (SSSR count). The molecule has 1 aliphatic carbocycles. The van der Waals surface area contributed by atoms with Crippen molar-refractivity contribution in [3.63, 3.8) is 0 Å². The number of aromatic hydroxyl groups is 2. The van der Waals surface area contributed by atoms with Gasteiger partial charge in [0.2, 0.25) is 17.7 Å². The lowest BCUT2D eigenvalue weighted by Crippen LogP contribution is -2.41. The van der Waals surface area contributed by atoms with Gasteiger partial charge in [-0.2, -0.15) is 4.98 Å². The Labute approximate surface area is 147 Å². The molecule has 25 heavy (non-hydrogen) atoms. The van der Waals surface area contributed by atoms with Crippen LogP contribution in [0, 0.1) is 5.41 Å². The van der Waals surface area contributed by atoms with Gasteiger partial charge in [-0.05, 0) is 31.0 Å². The average Bonchev–Trinajstić information content (AvgIpc) is 3.39. The zero-order valence-corrected chi connectivity index (χ0v) is 13.0. The van der Waals surface area contributed by atoms with E-state index in [0.29, 0.717) is 0 Å². The molecule has 0 unspecified atom stereocenters. The number of phenolic OH excluding ortho intramolecular Hbond substituents is 2. The molecule has 1 aromatic carbocycles. The van der Waals surface area contributed by atoms with E-state index < -0.39 is 35.8 Å². The Kier molecular flexibility index (Phi) is 3.12. The Morgan fingerprint density at radius 3 is 2.64 bits per heavy atom. The highest BCUT2D eigenvalue weighted by Gasteiger charge is 2.57. The van der Waals surface area contributed by atoms with E-state index in [9.17, 15) is 19.8 Å². The first-order chi connectivity index (χ1) is 13.0. The fourth-order valence-corrected chi connectivity index (χ4v) is 2.49. The van der Waals surface area contributed by atoms with Crippen molar-refractivity contribution in [3.05, 3.63) is 36.4 Å². The molecule has 1 aromatic heterocycles. The number of primary amides is 1. The molecule has 2 amide bonds. The molecular formula is C17H17N3O5. The van der Waals surface area contributed by atoms with Gasteiger partial charge in [0.15, 0.2) is 11.5 Å². The van der Waals surface area contributed by atoms with Crippen LogP contribution in [0.1, 0.15) is 17.0 Å². The normalized spacial score (nSPS) is 16.9. The van der Waals surface area contributed by atoms with Crippen molar-refractivity contribution in [2.75, 3.05) is 11.9 Å². The lowest BCUT2D eigenvalue weighted by molar-refractivity contribution is -0.133. The first-order valence-corrected chi connectivity index (χ1v) is 7.36. The fourth-order valence-electron chi connectivity index (χ4n) is 2.49. The number of hydrogen-bond donors (Lipinski definition) is 3. The molecule has 130 valence electrons. The minimum atomic E-state index is -2.75. The summed E-state index contributed by atoms with van der Waals surface area (Å²) in [6, 6.07) is 7.75. The quantitative estimate of drug-likeness (QED) is 0.555. The number of hydrogen-bond acceptors (Lipinski definition) is 6. The third-order valence-electron chi connectivity index (χ3n) is 4.09. The topological polar surface area (TPSA) is 126 Å². The van der Waals surface area contributed by atoms with Gasteiger partial charge >= 0.3 is 0 Å². The van der Waals surface area contributed by atoms with Gasteiger partial charge in [0.1, 0.15) is 11.2 Å². The largest absolute Gasteiger partial charge is 0.504 e. The maximum absolute atomic E-state index is 13.2. The number of carbonyl (C=O) groups is 2. The highest BCUT2D eigenvalue weighted by molar-refractivity contribution is 6.16. The number of nitrogens with zero attached hydrogens (tertiary/aromatic N) is 2. The van der Waals surface area contributed by atoms with Crippen molar-refractivity contribution in [2.45, 2.75) is 12.8 Å². The van der Waals surface area contributed by atoms with Gasteiger partial charge in [0, 0.05) is 12.1 Å². The zero-order valence-electron chi connectivity index (χ0n) is 16.0. The Hall–Kier alpha value is -3.29. The van der Waals surface area contributed by atoms with E-state index in [1.54, 1.807) is 0 Å². The van der Waals surface area contributed by atoms with E-state index in [1.807, 2.05) is 0 Å². The Bertz CT molecular complexity index is 944. The van der Waals surface area contributed by atoms with Crippen LogP contribution in [-0.2, 0) is 9.59 Å². The number of pyridine rings is 1. The first-order valence-electron chi connectivity index (χ1n) is 8.86. The second-order valence-corrected chi connectivity index (χ2v) is 5.70. The van der Waals surface area contributed by atoms with E-state index in [0.717, 1.165) is 17.0 Å². The number of benzene rings is 1. The van der Waals surface area contributed by atoms with Gasteiger partial charge in [0.25, 0.3) is 0 Å². The van der Waals surface area contributed by atoms with Gasteiger partial charge in [-0.15, -0.1) is 0 Å². The Balaban J connectivity index is 2.09. The number of phenols is 2. The predicted molar refractivity (Wildman–Crippen MR) is 88.6 cm³/mol. The molecule has 0 aliphatic heterocycles. The molecule has 1 heterocycles. The summed E-state index contributed by atoms with van der Waals surface area (Å²) in [5.41, 5.74) is 4.10. The number of anilines is 2. The van der Waals surface area contributed by atoms with Crippen molar-refractivity contribution >= 4 is 23.3 Å². The SMILES string of the molecule is [2H]C([2H])([2H])Oc1cccc(N(C(=O)C2(C(N)=O)CC2)c2ccc(O)c(O)c2)n1. The Morgan fingerprint density at radius 1 is 1.28 bits per heavy atom. The van der Waals surface area contributed by atoms with Crippen molar-refractivity contribution in [1.82, 2.24) is 4.98 Å². The van der Waals surface area contributed by atoms with Gasteiger partial charge in [-0.25, -0.2) is 0 Å². The van der Waals surface area contributed by atoms with Gasteiger partial charge in [-0.1, -0.05) is 6.07 Å². The van der Waals surface area contributed by atoms with E-state index in [-0.39, 0.29) is 30.2 Å². The fraction of sp³-hybridized carbons (Fsp3) is 0.235. The van der Waals surface area contributed by atoms with Crippen LogP contribution in [0.15, 0.2) is 36.4 Å². The van der Waals surface area contributed by atoms with Crippen molar-refractivity contribution < 1.29 is 28.7 Å². The summed E-state index contributed by atoms with van der Waals surface area (Å²) in [5.74, 6) is -2.66.